The molecule has 1 aliphatic heterocycles. The summed E-state index contributed by atoms with van der Waals surface area (Å²) < 4.78 is 0. The smallest absolute Gasteiger partial charge is 0.234 e. The fourth-order valence-corrected chi connectivity index (χ4v) is 1.68. The fraction of sp³-hybridized carbons (Fsp3) is 0.875. The zero-order valence-electron chi connectivity index (χ0n) is 8.59. The van der Waals surface area contributed by atoms with Gasteiger partial charge in [-0.25, -0.2) is 0 Å². The molecule has 1 aliphatic rings. The second kappa shape index (κ2) is 6.23. The third kappa shape index (κ3) is 3.75. The average molecular weight is 212 g/mol. The van der Waals surface area contributed by atoms with E-state index in [1.54, 1.807) is 0 Å². The summed E-state index contributed by atoms with van der Waals surface area (Å²) in [5.74, 6) is -0.427. The molecule has 1 fully saturated rings. The van der Waals surface area contributed by atoms with Crippen LogP contribution in [-0.4, -0.2) is 49.6 Å². The molecule has 0 bridgehead atoms. The molecule has 7 nitrogen and oxygen atoms in total. The van der Waals surface area contributed by atoms with Crippen molar-refractivity contribution in [2.75, 3.05) is 32.7 Å². The zero-order valence-corrected chi connectivity index (χ0v) is 8.59. The van der Waals surface area contributed by atoms with Gasteiger partial charge in [0.1, 0.15) is 0 Å². The largest absolute Gasteiger partial charge is 0.368 e. The highest BCUT2D eigenvalue weighted by molar-refractivity contribution is 5.80. The van der Waals surface area contributed by atoms with Crippen LogP contribution < -0.4 is 11.1 Å². The molecular weight excluding hydrogens is 196 g/mol. The number of nitrogens with two attached hydrogens (primary N) is 1. The number of rotatable bonds is 4. The number of hydrogen-bond donors (Lipinski definition) is 2. The lowest BCUT2D eigenvalue weighted by Crippen LogP contribution is -2.48. The maximum absolute atomic E-state index is 11.2. The molecular formula is C8H16N6O. The van der Waals surface area contributed by atoms with Crippen molar-refractivity contribution in [2.24, 2.45) is 10.8 Å². The molecule has 1 rings (SSSR count). The third-order valence-corrected chi connectivity index (χ3v) is 2.46. The Morgan fingerprint density at radius 1 is 1.60 bits per heavy atom. The van der Waals surface area contributed by atoms with Gasteiger partial charge in [-0.15, -0.1) is 0 Å². The van der Waals surface area contributed by atoms with Gasteiger partial charge in [0.15, 0.2) is 0 Å². The second-order valence-electron chi connectivity index (χ2n) is 3.47. The highest BCUT2D eigenvalue weighted by atomic mass is 16.1. The molecule has 1 unspecified atom stereocenters. The Morgan fingerprint density at radius 3 is 3.07 bits per heavy atom. The summed E-state index contributed by atoms with van der Waals surface area (Å²) >= 11 is 0. The number of nitrogens with one attached hydrogen (secondary N) is 1. The van der Waals surface area contributed by atoms with Gasteiger partial charge in [0.25, 0.3) is 0 Å². The zero-order chi connectivity index (χ0) is 11.1. The molecule has 1 amide bonds. The van der Waals surface area contributed by atoms with Crippen LogP contribution in [0.3, 0.4) is 0 Å². The van der Waals surface area contributed by atoms with Crippen LogP contribution in [0.2, 0.25) is 0 Å². The second-order valence-corrected chi connectivity index (χ2v) is 3.47. The molecule has 0 spiro atoms. The van der Waals surface area contributed by atoms with E-state index in [1.807, 2.05) is 4.90 Å². The first-order valence-electron chi connectivity index (χ1n) is 5.00. The average Bonchev–Trinajstić information content (AvgIpc) is 2.47. The van der Waals surface area contributed by atoms with E-state index in [2.05, 4.69) is 15.3 Å². The van der Waals surface area contributed by atoms with Crippen LogP contribution in [0, 0.1) is 0 Å². The van der Waals surface area contributed by atoms with E-state index in [4.69, 9.17) is 11.3 Å². The Kier molecular flexibility index (Phi) is 4.89. The van der Waals surface area contributed by atoms with Gasteiger partial charge in [0.05, 0.1) is 12.6 Å². The molecule has 15 heavy (non-hydrogen) atoms. The van der Waals surface area contributed by atoms with Crippen LogP contribution in [0.5, 0.6) is 0 Å². The van der Waals surface area contributed by atoms with Crippen molar-refractivity contribution in [3.8, 4) is 0 Å². The van der Waals surface area contributed by atoms with Gasteiger partial charge in [-0.3, -0.25) is 9.69 Å². The molecule has 0 aromatic heterocycles. The van der Waals surface area contributed by atoms with Crippen LogP contribution in [0.1, 0.15) is 6.42 Å². The Bertz CT molecular complexity index is 254. The topological polar surface area (TPSA) is 107 Å². The van der Waals surface area contributed by atoms with Crippen molar-refractivity contribution < 1.29 is 4.79 Å². The van der Waals surface area contributed by atoms with Crippen LogP contribution in [0.15, 0.2) is 5.11 Å². The van der Waals surface area contributed by atoms with Crippen LogP contribution in [-0.2, 0) is 4.79 Å². The van der Waals surface area contributed by atoms with E-state index < -0.39 is 11.9 Å². The van der Waals surface area contributed by atoms with Gasteiger partial charge < -0.3 is 11.1 Å². The van der Waals surface area contributed by atoms with Crippen LogP contribution in [0.25, 0.3) is 10.4 Å². The molecule has 7 heteroatoms. The third-order valence-electron chi connectivity index (χ3n) is 2.46. The number of carbonyl (C=O) groups is 1. The summed E-state index contributed by atoms with van der Waals surface area (Å²) in [5.41, 5.74) is 13.5. The first-order valence-corrected chi connectivity index (χ1v) is 5.00. The Morgan fingerprint density at radius 2 is 2.40 bits per heavy atom. The van der Waals surface area contributed by atoms with Gasteiger partial charge in [-0.1, -0.05) is 5.11 Å². The predicted molar refractivity (Wildman–Crippen MR) is 56.1 cm³/mol. The molecule has 1 atom stereocenters. The van der Waals surface area contributed by atoms with Gasteiger partial charge in [0.2, 0.25) is 5.91 Å². The Balaban J connectivity index is 2.59. The summed E-state index contributed by atoms with van der Waals surface area (Å²) in [6, 6.07) is -0.471. The molecule has 0 aliphatic carbocycles. The SMILES string of the molecule is [N-]=[N+]=NCC(C(N)=O)N1CCCNCC1. The number of carbonyl (C=O) groups excluding carboxylic acids is 1. The van der Waals surface area contributed by atoms with Crippen molar-refractivity contribution in [3.05, 3.63) is 10.4 Å². The van der Waals surface area contributed by atoms with Crippen molar-refractivity contribution in [2.45, 2.75) is 12.5 Å². The normalized spacial score (nSPS) is 20.0. The monoisotopic (exact) mass is 212 g/mol. The van der Waals surface area contributed by atoms with Gasteiger partial charge in [0, 0.05) is 24.5 Å². The highest BCUT2D eigenvalue weighted by Crippen LogP contribution is 2.03. The molecule has 1 saturated heterocycles. The van der Waals surface area contributed by atoms with Gasteiger partial charge in [-0.2, -0.15) is 0 Å². The lowest BCUT2D eigenvalue weighted by atomic mass is 10.2. The van der Waals surface area contributed by atoms with Crippen LogP contribution >= 0.6 is 0 Å². The van der Waals surface area contributed by atoms with E-state index in [9.17, 15) is 4.79 Å². The summed E-state index contributed by atoms with van der Waals surface area (Å²) in [6.07, 6.45) is 0.972. The van der Waals surface area contributed by atoms with Gasteiger partial charge in [-0.05, 0) is 18.5 Å². The van der Waals surface area contributed by atoms with Crippen LogP contribution in [0.4, 0.5) is 0 Å². The van der Waals surface area contributed by atoms with E-state index in [-0.39, 0.29) is 6.54 Å². The summed E-state index contributed by atoms with van der Waals surface area (Å²) in [7, 11) is 0. The number of amides is 1. The summed E-state index contributed by atoms with van der Waals surface area (Å²) in [6.45, 7) is 3.46. The Labute approximate surface area is 88.2 Å². The summed E-state index contributed by atoms with van der Waals surface area (Å²) in [4.78, 5) is 15.8. The lowest BCUT2D eigenvalue weighted by molar-refractivity contribution is -0.122. The molecule has 0 radical (unpaired) electrons. The minimum atomic E-state index is -0.471. The van der Waals surface area contributed by atoms with Crippen molar-refractivity contribution in [1.82, 2.24) is 10.2 Å². The molecule has 0 aromatic carbocycles. The Hall–Kier alpha value is -1.30. The molecule has 0 aromatic rings. The minimum Gasteiger partial charge on any atom is -0.368 e. The first kappa shape index (κ1) is 11.8. The van der Waals surface area contributed by atoms with Crippen molar-refractivity contribution >= 4 is 5.91 Å². The highest BCUT2D eigenvalue weighted by Gasteiger charge is 2.23. The van der Waals surface area contributed by atoms with E-state index in [1.165, 1.54) is 0 Å². The summed E-state index contributed by atoms with van der Waals surface area (Å²) in [5, 5.41) is 6.65. The van der Waals surface area contributed by atoms with Crippen molar-refractivity contribution in [3.63, 3.8) is 0 Å². The number of hydrogen-bond acceptors (Lipinski definition) is 4. The standard InChI is InChI=1S/C8H16N6O/c9-8(15)7(6-12-13-10)14-4-1-2-11-3-5-14/h7,11H,1-6H2,(H2,9,15). The lowest BCUT2D eigenvalue weighted by Gasteiger charge is -2.26. The number of nitrogens with zero attached hydrogens (tertiary/aromatic N) is 4. The number of azide groups is 1. The van der Waals surface area contributed by atoms with Gasteiger partial charge >= 0.3 is 0 Å². The first-order chi connectivity index (χ1) is 7.25. The molecule has 1 heterocycles. The van der Waals surface area contributed by atoms with E-state index in [0.29, 0.717) is 0 Å². The minimum absolute atomic E-state index is 0.117. The van der Waals surface area contributed by atoms with E-state index in [0.717, 1.165) is 32.6 Å². The molecule has 0 saturated carbocycles. The fourth-order valence-electron chi connectivity index (χ4n) is 1.68. The maximum Gasteiger partial charge on any atom is 0.234 e. The van der Waals surface area contributed by atoms with Crippen molar-refractivity contribution in [1.29, 1.82) is 0 Å². The predicted octanol–water partition coefficient (Wildman–Crippen LogP) is -0.554. The maximum atomic E-state index is 11.2. The molecule has 3 N–H and O–H groups in total. The van der Waals surface area contributed by atoms with E-state index >= 15 is 0 Å². The molecule has 84 valence electrons. The number of primary amides is 1. The quantitative estimate of drug-likeness (QED) is 0.370.